The second-order valence-electron chi connectivity index (χ2n) is 8.00. The van der Waals surface area contributed by atoms with Crippen molar-refractivity contribution < 1.29 is 19.1 Å². The van der Waals surface area contributed by atoms with E-state index in [1.54, 1.807) is 25.3 Å². The summed E-state index contributed by atoms with van der Waals surface area (Å²) in [6, 6.07) is 10.1. The van der Waals surface area contributed by atoms with Crippen molar-refractivity contribution in [2.45, 2.75) is 46.8 Å². The number of ether oxygens (including phenoxy) is 2. The van der Waals surface area contributed by atoms with Crippen molar-refractivity contribution in [3.8, 4) is 11.5 Å². The number of halogens is 1. The summed E-state index contributed by atoms with van der Waals surface area (Å²) >= 11 is 2.17. The molecule has 172 valence electrons. The van der Waals surface area contributed by atoms with Crippen LogP contribution in [0.15, 0.2) is 41.5 Å². The first-order valence-electron chi connectivity index (χ1n) is 10.4. The van der Waals surface area contributed by atoms with Gasteiger partial charge < -0.3 is 14.8 Å². The Morgan fingerprint density at radius 1 is 1.09 bits per heavy atom. The molecule has 1 unspecified atom stereocenters. The molecule has 0 bridgehead atoms. The quantitative estimate of drug-likeness (QED) is 0.277. The summed E-state index contributed by atoms with van der Waals surface area (Å²) in [6.45, 7) is 9.58. The van der Waals surface area contributed by atoms with Crippen LogP contribution in [0, 0.1) is 16.4 Å². The number of benzene rings is 2. The van der Waals surface area contributed by atoms with Crippen LogP contribution in [0.5, 0.6) is 11.5 Å². The van der Waals surface area contributed by atoms with Gasteiger partial charge >= 0.3 is 0 Å². The maximum absolute atomic E-state index is 12.7. The minimum atomic E-state index is -0.725. The molecular formula is C24H30IN3O4. The molecule has 1 atom stereocenters. The molecule has 0 aliphatic carbocycles. The maximum atomic E-state index is 12.7. The lowest BCUT2D eigenvalue weighted by Crippen LogP contribution is -2.48. The first-order chi connectivity index (χ1) is 15.1. The van der Waals surface area contributed by atoms with Crippen molar-refractivity contribution in [3.05, 3.63) is 56.7 Å². The first-order valence-corrected chi connectivity index (χ1v) is 11.4. The molecule has 0 heterocycles. The molecule has 8 heteroatoms. The third kappa shape index (κ3) is 7.22. The minimum absolute atomic E-state index is 0.0132. The van der Waals surface area contributed by atoms with Crippen LogP contribution in [0.3, 0.4) is 0 Å². The monoisotopic (exact) mass is 551 g/mol. The zero-order valence-electron chi connectivity index (χ0n) is 19.2. The molecule has 2 rings (SSSR count). The van der Waals surface area contributed by atoms with Crippen molar-refractivity contribution in [2.24, 2.45) is 11.0 Å². The largest absolute Gasteiger partial charge is 0.493 e. The summed E-state index contributed by atoms with van der Waals surface area (Å²) in [7, 11) is 1.57. The van der Waals surface area contributed by atoms with E-state index in [4.69, 9.17) is 9.47 Å². The fraction of sp³-hybridized carbons (Fsp3) is 0.375. The number of rotatable bonds is 9. The fourth-order valence-corrected chi connectivity index (χ4v) is 3.62. The number of aryl methyl sites for hydroxylation is 1. The van der Waals surface area contributed by atoms with Crippen LogP contribution in [0.1, 0.15) is 49.2 Å². The van der Waals surface area contributed by atoms with Crippen LogP contribution in [0.4, 0.5) is 0 Å². The summed E-state index contributed by atoms with van der Waals surface area (Å²) in [5, 5.41) is 6.86. The number of methoxy groups -OCH3 is 1. The van der Waals surface area contributed by atoms with Gasteiger partial charge in [0.15, 0.2) is 11.5 Å². The van der Waals surface area contributed by atoms with Gasteiger partial charge in [0.25, 0.3) is 11.8 Å². The summed E-state index contributed by atoms with van der Waals surface area (Å²) in [5.74, 6) is 0.445. The van der Waals surface area contributed by atoms with Gasteiger partial charge in [-0.05, 0) is 79.1 Å². The zero-order chi connectivity index (χ0) is 23.8. The van der Waals surface area contributed by atoms with Crippen LogP contribution in [0.2, 0.25) is 0 Å². The topological polar surface area (TPSA) is 89.0 Å². The van der Waals surface area contributed by atoms with E-state index in [9.17, 15) is 9.59 Å². The average Bonchev–Trinajstić information content (AvgIpc) is 2.73. The van der Waals surface area contributed by atoms with Crippen molar-refractivity contribution in [1.82, 2.24) is 10.7 Å². The summed E-state index contributed by atoms with van der Waals surface area (Å²) in [6.07, 6.45) is 1.54. The van der Waals surface area contributed by atoms with E-state index in [0.717, 1.165) is 14.7 Å². The van der Waals surface area contributed by atoms with E-state index < -0.39 is 11.9 Å². The standard InChI is InChI=1S/C24H30IN3O4/c1-14(2)21(27-23(29)18-9-7-16(5)8-10-18)24(30)28-26-13-17-11-19(25)22(32-15(3)4)20(12-17)31-6/h7-15,21H,1-6H3,(H,27,29)(H,28,30)/b26-13-. The average molecular weight is 551 g/mol. The lowest BCUT2D eigenvalue weighted by Gasteiger charge is -2.20. The summed E-state index contributed by atoms with van der Waals surface area (Å²) in [5.41, 5.74) is 4.83. The zero-order valence-corrected chi connectivity index (χ0v) is 21.4. The lowest BCUT2D eigenvalue weighted by molar-refractivity contribution is -0.123. The molecule has 32 heavy (non-hydrogen) atoms. The number of hydrogen-bond acceptors (Lipinski definition) is 5. The van der Waals surface area contributed by atoms with Crippen LogP contribution in [-0.4, -0.2) is 37.3 Å². The van der Waals surface area contributed by atoms with E-state index in [-0.39, 0.29) is 17.9 Å². The predicted octanol–water partition coefficient (Wildman–Crippen LogP) is 4.30. The number of nitrogens with one attached hydrogen (secondary N) is 2. The normalized spacial score (nSPS) is 12.2. The number of nitrogens with zero attached hydrogens (tertiary/aromatic N) is 1. The summed E-state index contributed by atoms with van der Waals surface area (Å²) < 4.78 is 12.1. The smallest absolute Gasteiger partial charge is 0.262 e. The number of amides is 2. The molecule has 0 spiro atoms. The molecule has 0 saturated heterocycles. The predicted molar refractivity (Wildman–Crippen MR) is 134 cm³/mol. The SMILES string of the molecule is COc1cc(/C=N\NC(=O)C(NC(=O)c2ccc(C)cc2)C(C)C)cc(I)c1OC(C)C. The van der Waals surface area contributed by atoms with Crippen molar-refractivity contribution in [2.75, 3.05) is 7.11 Å². The van der Waals surface area contributed by atoms with Gasteiger partial charge in [0.1, 0.15) is 6.04 Å². The van der Waals surface area contributed by atoms with Crippen molar-refractivity contribution >= 4 is 40.6 Å². The van der Waals surface area contributed by atoms with Gasteiger partial charge in [-0.3, -0.25) is 9.59 Å². The third-order valence-corrected chi connectivity index (χ3v) is 5.34. The maximum Gasteiger partial charge on any atom is 0.262 e. The molecule has 7 nitrogen and oxygen atoms in total. The molecule has 2 amide bonds. The van der Waals surface area contributed by atoms with Crippen LogP contribution >= 0.6 is 22.6 Å². The molecule has 2 N–H and O–H groups in total. The highest BCUT2D eigenvalue weighted by atomic mass is 127. The highest BCUT2D eigenvalue weighted by Gasteiger charge is 2.24. The Hall–Kier alpha value is -2.62. The van der Waals surface area contributed by atoms with Gasteiger partial charge in [-0.2, -0.15) is 5.10 Å². The molecule has 0 aliphatic rings. The Bertz CT molecular complexity index is 972. The molecule has 0 saturated carbocycles. The van der Waals surface area contributed by atoms with Gasteiger partial charge in [-0.1, -0.05) is 31.5 Å². The lowest BCUT2D eigenvalue weighted by atomic mass is 10.0. The molecular weight excluding hydrogens is 521 g/mol. The van der Waals surface area contributed by atoms with Gasteiger partial charge in [-0.25, -0.2) is 5.43 Å². The molecule has 0 radical (unpaired) electrons. The third-order valence-electron chi connectivity index (χ3n) is 4.54. The van der Waals surface area contributed by atoms with E-state index in [2.05, 4.69) is 38.4 Å². The molecule has 0 aromatic heterocycles. The van der Waals surface area contributed by atoms with E-state index in [1.165, 1.54) is 6.21 Å². The summed E-state index contributed by atoms with van der Waals surface area (Å²) in [4.78, 5) is 25.2. The van der Waals surface area contributed by atoms with Gasteiger partial charge in [0.2, 0.25) is 0 Å². The Morgan fingerprint density at radius 2 is 1.75 bits per heavy atom. The first kappa shape index (κ1) is 25.6. The Morgan fingerprint density at radius 3 is 2.31 bits per heavy atom. The van der Waals surface area contributed by atoms with Crippen LogP contribution in [0.25, 0.3) is 0 Å². The molecule has 0 aliphatic heterocycles. The minimum Gasteiger partial charge on any atom is -0.493 e. The second-order valence-corrected chi connectivity index (χ2v) is 9.16. The van der Waals surface area contributed by atoms with Gasteiger partial charge in [0.05, 0.1) is 23.0 Å². The highest BCUT2D eigenvalue weighted by molar-refractivity contribution is 14.1. The van der Waals surface area contributed by atoms with E-state index in [1.807, 2.05) is 52.8 Å². The van der Waals surface area contributed by atoms with Gasteiger partial charge in [0, 0.05) is 5.56 Å². The number of carbonyl (C=O) groups excluding carboxylic acids is 2. The van der Waals surface area contributed by atoms with E-state index in [0.29, 0.717) is 17.1 Å². The number of carbonyl (C=O) groups is 2. The Kier molecular flexibility index (Phi) is 9.49. The van der Waals surface area contributed by atoms with Gasteiger partial charge in [-0.15, -0.1) is 0 Å². The molecule has 2 aromatic carbocycles. The van der Waals surface area contributed by atoms with Crippen LogP contribution in [-0.2, 0) is 4.79 Å². The Balaban J connectivity index is 2.08. The number of hydrazone groups is 1. The number of hydrogen-bond donors (Lipinski definition) is 2. The second kappa shape index (κ2) is 11.8. The molecule has 0 fully saturated rings. The molecule has 2 aromatic rings. The highest BCUT2D eigenvalue weighted by Crippen LogP contribution is 2.34. The van der Waals surface area contributed by atoms with Crippen LogP contribution < -0.4 is 20.2 Å². The van der Waals surface area contributed by atoms with E-state index >= 15 is 0 Å². The van der Waals surface area contributed by atoms with Crippen molar-refractivity contribution in [3.63, 3.8) is 0 Å². The van der Waals surface area contributed by atoms with Crippen molar-refractivity contribution in [1.29, 1.82) is 0 Å². The Labute approximate surface area is 203 Å². The fourth-order valence-electron chi connectivity index (χ4n) is 2.87.